The van der Waals surface area contributed by atoms with Crippen LogP contribution in [0.15, 0.2) is 77.6 Å². The van der Waals surface area contributed by atoms with Crippen LogP contribution in [0.5, 0.6) is 0 Å². The van der Waals surface area contributed by atoms with E-state index < -0.39 is 0 Å². The Labute approximate surface area is 150 Å². The number of benzene rings is 3. The topological polar surface area (TPSA) is 32.9 Å². The summed E-state index contributed by atoms with van der Waals surface area (Å²) >= 11 is 0. The Balaban J connectivity index is 1.95. The lowest BCUT2D eigenvalue weighted by atomic mass is 9.96. The molecule has 0 atom stereocenters. The number of aromatic nitrogens is 1. The van der Waals surface area contributed by atoms with Gasteiger partial charge in [0.1, 0.15) is 5.82 Å². The second-order valence-electron chi connectivity index (χ2n) is 6.01. The summed E-state index contributed by atoms with van der Waals surface area (Å²) in [7, 11) is 0. The Bertz CT molecular complexity index is 1210. The number of aromatic amines is 1. The molecule has 0 saturated carbocycles. The standard InChI is InChI=1S/C23H14FNO/c1-2-20-21(18-8-7-15-5-3-4-6-17(15)13-18)14-22(25-23(20)26)16-9-11-19(24)12-10-16/h1,3-14H,(H,25,26). The highest BCUT2D eigenvalue weighted by molar-refractivity contribution is 5.88. The molecule has 1 N–H and O–H groups in total. The second kappa shape index (κ2) is 6.34. The summed E-state index contributed by atoms with van der Waals surface area (Å²) in [5.41, 5.74) is 2.81. The summed E-state index contributed by atoms with van der Waals surface area (Å²) in [6, 6.07) is 21.8. The Morgan fingerprint density at radius 2 is 1.54 bits per heavy atom. The number of terminal acetylenes is 1. The van der Waals surface area contributed by atoms with Crippen LogP contribution in [0.25, 0.3) is 33.2 Å². The molecule has 4 rings (SSSR count). The van der Waals surface area contributed by atoms with Crippen LogP contribution in [0.2, 0.25) is 0 Å². The van der Waals surface area contributed by atoms with Gasteiger partial charge in [-0.3, -0.25) is 4.79 Å². The van der Waals surface area contributed by atoms with Gasteiger partial charge in [-0.2, -0.15) is 0 Å². The molecule has 3 heteroatoms. The van der Waals surface area contributed by atoms with Gasteiger partial charge in [0.05, 0.1) is 5.56 Å². The molecular formula is C23H14FNO. The minimum absolute atomic E-state index is 0.283. The van der Waals surface area contributed by atoms with E-state index in [1.807, 2.05) is 48.5 Å². The molecule has 0 bridgehead atoms. The molecule has 4 aromatic rings. The maximum atomic E-state index is 13.2. The summed E-state index contributed by atoms with van der Waals surface area (Å²) in [5, 5.41) is 2.18. The van der Waals surface area contributed by atoms with E-state index in [4.69, 9.17) is 6.42 Å². The molecule has 0 saturated heterocycles. The van der Waals surface area contributed by atoms with Crippen LogP contribution >= 0.6 is 0 Å². The third kappa shape index (κ3) is 2.78. The maximum absolute atomic E-state index is 13.2. The van der Waals surface area contributed by atoms with Gasteiger partial charge < -0.3 is 4.98 Å². The lowest BCUT2D eigenvalue weighted by molar-refractivity contribution is 0.628. The van der Waals surface area contributed by atoms with E-state index in [2.05, 4.69) is 10.9 Å². The van der Waals surface area contributed by atoms with Crippen molar-refractivity contribution in [2.45, 2.75) is 0 Å². The van der Waals surface area contributed by atoms with Crippen molar-refractivity contribution in [1.82, 2.24) is 4.98 Å². The minimum Gasteiger partial charge on any atom is -0.321 e. The highest BCUT2D eigenvalue weighted by Crippen LogP contribution is 2.28. The van der Waals surface area contributed by atoms with E-state index in [0.717, 1.165) is 16.3 Å². The first-order chi connectivity index (χ1) is 12.7. The zero-order valence-electron chi connectivity index (χ0n) is 13.8. The molecule has 0 aliphatic heterocycles. The molecule has 0 aliphatic rings. The van der Waals surface area contributed by atoms with Crippen molar-refractivity contribution < 1.29 is 4.39 Å². The largest absolute Gasteiger partial charge is 0.321 e. The normalized spacial score (nSPS) is 10.6. The predicted molar refractivity (Wildman–Crippen MR) is 103 cm³/mol. The Hall–Kier alpha value is -3.64. The SMILES string of the molecule is C#Cc1c(-c2ccc3ccccc3c2)cc(-c2ccc(F)cc2)[nH]c1=O. The van der Waals surface area contributed by atoms with Crippen LogP contribution in [-0.2, 0) is 0 Å². The van der Waals surface area contributed by atoms with E-state index in [1.165, 1.54) is 12.1 Å². The number of nitrogens with one attached hydrogen (secondary N) is 1. The highest BCUT2D eigenvalue weighted by atomic mass is 19.1. The zero-order valence-corrected chi connectivity index (χ0v) is 13.8. The molecule has 124 valence electrons. The number of fused-ring (bicyclic) bond motifs is 1. The monoisotopic (exact) mass is 339 g/mol. The van der Waals surface area contributed by atoms with Gasteiger partial charge in [-0.05, 0) is 58.3 Å². The number of halogens is 1. The third-order valence-corrected chi connectivity index (χ3v) is 4.39. The van der Waals surface area contributed by atoms with Crippen molar-refractivity contribution in [3.8, 4) is 34.7 Å². The van der Waals surface area contributed by atoms with Crippen molar-refractivity contribution in [3.63, 3.8) is 0 Å². The first-order valence-electron chi connectivity index (χ1n) is 8.15. The third-order valence-electron chi connectivity index (χ3n) is 4.39. The lowest BCUT2D eigenvalue weighted by Gasteiger charge is -2.10. The first kappa shape index (κ1) is 15.9. The number of hydrogen-bond acceptors (Lipinski definition) is 1. The van der Waals surface area contributed by atoms with E-state index >= 15 is 0 Å². The van der Waals surface area contributed by atoms with E-state index in [1.54, 1.807) is 12.1 Å². The van der Waals surface area contributed by atoms with Gasteiger partial charge in [-0.25, -0.2) is 4.39 Å². The number of H-pyrrole nitrogens is 1. The summed E-state index contributed by atoms with van der Waals surface area (Å²) in [6.07, 6.45) is 5.59. The fourth-order valence-electron chi connectivity index (χ4n) is 3.07. The quantitative estimate of drug-likeness (QED) is 0.513. The molecule has 0 aliphatic carbocycles. The summed E-state index contributed by atoms with van der Waals surface area (Å²) in [6.45, 7) is 0. The van der Waals surface area contributed by atoms with Crippen LogP contribution in [0, 0.1) is 18.2 Å². The fourth-order valence-corrected chi connectivity index (χ4v) is 3.07. The van der Waals surface area contributed by atoms with Crippen LogP contribution in [0.3, 0.4) is 0 Å². The van der Waals surface area contributed by atoms with Gasteiger partial charge >= 0.3 is 0 Å². The predicted octanol–water partition coefficient (Wildman–Crippen LogP) is 4.98. The van der Waals surface area contributed by atoms with Crippen molar-refractivity contribution >= 4 is 10.8 Å². The van der Waals surface area contributed by atoms with E-state index in [-0.39, 0.29) is 16.9 Å². The van der Waals surface area contributed by atoms with E-state index in [0.29, 0.717) is 16.8 Å². The lowest BCUT2D eigenvalue weighted by Crippen LogP contribution is -2.12. The number of pyridine rings is 1. The summed E-state index contributed by atoms with van der Waals surface area (Å²) in [5.74, 6) is 2.17. The fraction of sp³-hybridized carbons (Fsp3) is 0. The summed E-state index contributed by atoms with van der Waals surface area (Å²) < 4.78 is 13.2. The van der Waals surface area contributed by atoms with Crippen molar-refractivity contribution in [2.75, 3.05) is 0 Å². The molecular weight excluding hydrogens is 325 g/mol. The van der Waals surface area contributed by atoms with Crippen LogP contribution < -0.4 is 5.56 Å². The smallest absolute Gasteiger partial charge is 0.264 e. The molecule has 0 fully saturated rings. The molecule has 0 amide bonds. The molecule has 0 radical (unpaired) electrons. The molecule has 2 nitrogen and oxygen atoms in total. The second-order valence-corrected chi connectivity index (χ2v) is 6.01. The molecule has 26 heavy (non-hydrogen) atoms. The van der Waals surface area contributed by atoms with Gasteiger partial charge in [0.25, 0.3) is 5.56 Å². The minimum atomic E-state index is -0.336. The Kier molecular flexibility index (Phi) is 3.87. The maximum Gasteiger partial charge on any atom is 0.264 e. The number of hydrogen-bond donors (Lipinski definition) is 1. The van der Waals surface area contributed by atoms with Crippen LogP contribution in [0.4, 0.5) is 4.39 Å². The first-order valence-corrected chi connectivity index (χ1v) is 8.15. The summed E-state index contributed by atoms with van der Waals surface area (Å²) in [4.78, 5) is 15.3. The van der Waals surface area contributed by atoms with Gasteiger partial charge in [0.15, 0.2) is 0 Å². The molecule has 0 unspecified atom stereocenters. The van der Waals surface area contributed by atoms with Crippen molar-refractivity contribution in [3.05, 3.63) is 94.5 Å². The Morgan fingerprint density at radius 3 is 2.27 bits per heavy atom. The Morgan fingerprint density at radius 1 is 0.846 bits per heavy atom. The van der Waals surface area contributed by atoms with Crippen LogP contribution in [0.1, 0.15) is 5.56 Å². The van der Waals surface area contributed by atoms with Gasteiger partial charge in [-0.1, -0.05) is 42.3 Å². The van der Waals surface area contributed by atoms with Gasteiger partial charge in [0, 0.05) is 11.3 Å². The number of rotatable bonds is 2. The van der Waals surface area contributed by atoms with Gasteiger partial charge in [-0.15, -0.1) is 6.42 Å². The highest BCUT2D eigenvalue weighted by Gasteiger charge is 2.12. The average molecular weight is 339 g/mol. The van der Waals surface area contributed by atoms with Crippen molar-refractivity contribution in [1.29, 1.82) is 0 Å². The zero-order chi connectivity index (χ0) is 18.1. The van der Waals surface area contributed by atoms with Gasteiger partial charge in [0.2, 0.25) is 0 Å². The molecule has 3 aromatic carbocycles. The van der Waals surface area contributed by atoms with E-state index in [9.17, 15) is 9.18 Å². The average Bonchev–Trinajstić information content (AvgIpc) is 2.67. The van der Waals surface area contributed by atoms with Crippen molar-refractivity contribution in [2.24, 2.45) is 0 Å². The molecule has 1 heterocycles. The van der Waals surface area contributed by atoms with Crippen LogP contribution in [-0.4, -0.2) is 4.98 Å². The molecule has 1 aromatic heterocycles. The molecule has 0 spiro atoms.